The van der Waals surface area contributed by atoms with E-state index in [0.717, 1.165) is 21.9 Å². The second kappa shape index (κ2) is 5.80. The third-order valence-corrected chi connectivity index (χ3v) is 4.72. The number of aromatic amines is 1. The number of nitrogens with zero attached hydrogens (tertiary/aromatic N) is 1. The minimum Gasteiger partial charge on any atom is -0.321 e. The molecule has 0 bridgehead atoms. The predicted octanol–water partition coefficient (Wildman–Crippen LogP) is 4.80. The normalized spacial score (nSPS) is 10.6. The molecule has 4 aromatic rings. The number of pyridine rings is 1. The van der Waals surface area contributed by atoms with Gasteiger partial charge in [-0.15, -0.1) is 0 Å². The van der Waals surface area contributed by atoms with Crippen LogP contribution in [0.1, 0.15) is 5.56 Å². The van der Waals surface area contributed by atoms with Gasteiger partial charge in [-0.1, -0.05) is 36.4 Å². The summed E-state index contributed by atoms with van der Waals surface area (Å²) >= 11 is 1.54. The van der Waals surface area contributed by atoms with Crippen LogP contribution in [0.5, 0.6) is 0 Å². The largest absolute Gasteiger partial charge is 0.321 e. The monoisotopic (exact) mass is 328 g/mol. The highest BCUT2D eigenvalue weighted by Crippen LogP contribution is 2.29. The Morgan fingerprint density at radius 1 is 0.958 bits per heavy atom. The van der Waals surface area contributed by atoms with Gasteiger partial charge in [0.1, 0.15) is 11.6 Å². The van der Waals surface area contributed by atoms with Crippen molar-refractivity contribution >= 4 is 22.1 Å². The minimum atomic E-state index is -0.357. The van der Waals surface area contributed by atoms with Crippen molar-refractivity contribution in [2.24, 2.45) is 0 Å². The van der Waals surface area contributed by atoms with Gasteiger partial charge in [-0.3, -0.25) is 4.79 Å². The first-order valence-electron chi connectivity index (χ1n) is 7.45. The molecular weight excluding hydrogens is 316 g/mol. The SMILES string of the molecule is N#Cc1c(-c2ccsc2)cc(-c2ccc3ccccc3c2)[nH]c1=O. The maximum atomic E-state index is 12.3. The number of hydrogen-bond acceptors (Lipinski definition) is 3. The molecule has 0 unspecified atom stereocenters. The number of thiophene rings is 1. The molecule has 0 spiro atoms. The number of H-pyrrole nitrogens is 1. The first kappa shape index (κ1) is 14.4. The van der Waals surface area contributed by atoms with Crippen LogP contribution in [0.25, 0.3) is 33.2 Å². The van der Waals surface area contributed by atoms with Crippen molar-refractivity contribution in [3.63, 3.8) is 0 Å². The van der Waals surface area contributed by atoms with Gasteiger partial charge in [0.15, 0.2) is 0 Å². The molecule has 2 aromatic carbocycles. The number of fused-ring (bicyclic) bond motifs is 1. The Bertz CT molecular complexity index is 1130. The Kier molecular flexibility index (Phi) is 3.49. The zero-order valence-corrected chi connectivity index (χ0v) is 13.4. The van der Waals surface area contributed by atoms with Crippen LogP contribution in [0.3, 0.4) is 0 Å². The van der Waals surface area contributed by atoms with Crippen molar-refractivity contribution in [2.75, 3.05) is 0 Å². The molecule has 0 saturated carbocycles. The molecule has 4 rings (SSSR count). The number of rotatable bonds is 2. The molecule has 114 valence electrons. The van der Waals surface area contributed by atoms with E-state index in [0.29, 0.717) is 11.3 Å². The molecule has 0 atom stereocenters. The van der Waals surface area contributed by atoms with E-state index in [9.17, 15) is 10.1 Å². The zero-order chi connectivity index (χ0) is 16.5. The molecule has 0 aliphatic heterocycles. The number of nitriles is 1. The van der Waals surface area contributed by atoms with Gasteiger partial charge in [-0.25, -0.2) is 0 Å². The summed E-state index contributed by atoms with van der Waals surface area (Å²) in [6, 6.07) is 20.0. The average molecular weight is 328 g/mol. The van der Waals surface area contributed by atoms with Crippen LogP contribution < -0.4 is 5.56 Å². The molecule has 0 saturated heterocycles. The van der Waals surface area contributed by atoms with Gasteiger partial charge >= 0.3 is 0 Å². The molecule has 3 nitrogen and oxygen atoms in total. The second-order valence-electron chi connectivity index (χ2n) is 5.49. The van der Waals surface area contributed by atoms with Crippen molar-refractivity contribution < 1.29 is 0 Å². The molecule has 2 heterocycles. The van der Waals surface area contributed by atoms with Crippen LogP contribution in [0, 0.1) is 11.3 Å². The van der Waals surface area contributed by atoms with E-state index in [-0.39, 0.29) is 11.1 Å². The van der Waals surface area contributed by atoms with Gasteiger partial charge in [0.2, 0.25) is 0 Å². The highest BCUT2D eigenvalue weighted by molar-refractivity contribution is 7.08. The Morgan fingerprint density at radius 3 is 2.54 bits per heavy atom. The molecule has 4 heteroatoms. The molecule has 2 aromatic heterocycles. The van der Waals surface area contributed by atoms with Crippen LogP contribution in [0.4, 0.5) is 0 Å². The summed E-state index contributed by atoms with van der Waals surface area (Å²) in [5.74, 6) is 0. The van der Waals surface area contributed by atoms with Crippen LogP contribution in [-0.2, 0) is 0 Å². The van der Waals surface area contributed by atoms with Gasteiger partial charge in [0.25, 0.3) is 5.56 Å². The quantitative estimate of drug-likeness (QED) is 0.575. The minimum absolute atomic E-state index is 0.151. The summed E-state index contributed by atoms with van der Waals surface area (Å²) < 4.78 is 0. The smallest absolute Gasteiger partial charge is 0.266 e. The van der Waals surface area contributed by atoms with E-state index in [1.807, 2.05) is 65.4 Å². The lowest BCUT2D eigenvalue weighted by atomic mass is 10.00. The summed E-state index contributed by atoms with van der Waals surface area (Å²) in [7, 11) is 0. The highest BCUT2D eigenvalue weighted by atomic mass is 32.1. The van der Waals surface area contributed by atoms with Crippen LogP contribution >= 0.6 is 11.3 Å². The number of aromatic nitrogens is 1. The third-order valence-electron chi connectivity index (χ3n) is 4.04. The Balaban J connectivity index is 1.95. The Labute approximate surface area is 142 Å². The predicted molar refractivity (Wildman–Crippen MR) is 98.0 cm³/mol. The van der Waals surface area contributed by atoms with E-state index in [4.69, 9.17) is 0 Å². The second-order valence-corrected chi connectivity index (χ2v) is 6.27. The fourth-order valence-corrected chi connectivity index (χ4v) is 3.48. The lowest BCUT2D eigenvalue weighted by Crippen LogP contribution is -2.12. The molecule has 0 fully saturated rings. The Morgan fingerprint density at radius 2 is 1.79 bits per heavy atom. The van der Waals surface area contributed by atoms with Gasteiger partial charge < -0.3 is 4.98 Å². The van der Waals surface area contributed by atoms with Crippen molar-refractivity contribution in [1.29, 1.82) is 5.26 Å². The topological polar surface area (TPSA) is 56.6 Å². The van der Waals surface area contributed by atoms with Crippen molar-refractivity contribution in [1.82, 2.24) is 4.98 Å². The standard InChI is InChI=1S/C20H12N2OS/c21-11-18-17(16-7-8-24-12-16)10-19(22-20(18)23)15-6-5-13-3-1-2-4-14(13)9-15/h1-10,12H,(H,22,23). The fraction of sp³-hybridized carbons (Fsp3) is 0. The lowest BCUT2D eigenvalue weighted by molar-refractivity contribution is 1.22. The van der Waals surface area contributed by atoms with E-state index in [2.05, 4.69) is 11.1 Å². The van der Waals surface area contributed by atoms with Crippen LogP contribution in [0.15, 0.2) is 70.2 Å². The molecule has 0 radical (unpaired) electrons. The summed E-state index contributed by atoms with van der Waals surface area (Å²) in [6.07, 6.45) is 0. The lowest BCUT2D eigenvalue weighted by Gasteiger charge is -2.08. The number of benzene rings is 2. The summed E-state index contributed by atoms with van der Waals surface area (Å²) in [5, 5.41) is 15.5. The number of nitrogens with one attached hydrogen (secondary N) is 1. The van der Waals surface area contributed by atoms with Crippen molar-refractivity contribution in [2.45, 2.75) is 0 Å². The maximum absolute atomic E-state index is 12.3. The molecule has 0 amide bonds. The van der Waals surface area contributed by atoms with Gasteiger partial charge in [-0.2, -0.15) is 16.6 Å². The molecular formula is C20H12N2OS. The summed E-state index contributed by atoms with van der Waals surface area (Å²) in [5.41, 5.74) is 3.00. The van der Waals surface area contributed by atoms with Crippen LogP contribution in [0.2, 0.25) is 0 Å². The van der Waals surface area contributed by atoms with Gasteiger partial charge in [0, 0.05) is 11.3 Å². The zero-order valence-electron chi connectivity index (χ0n) is 12.6. The molecule has 0 aliphatic rings. The van der Waals surface area contributed by atoms with E-state index in [1.165, 1.54) is 0 Å². The maximum Gasteiger partial charge on any atom is 0.266 e. The Hall–Kier alpha value is -3.16. The number of hydrogen-bond donors (Lipinski definition) is 1. The summed E-state index contributed by atoms with van der Waals surface area (Å²) in [6.45, 7) is 0. The highest BCUT2D eigenvalue weighted by Gasteiger charge is 2.13. The summed E-state index contributed by atoms with van der Waals surface area (Å²) in [4.78, 5) is 15.2. The van der Waals surface area contributed by atoms with E-state index >= 15 is 0 Å². The van der Waals surface area contributed by atoms with E-state index < -0.39 is 0 Å². The molecule has 0 aliphatic carbocycles. The van der Waals surface area contributed by atoms with E-state index in [1.54, 1.807) is 11.3 Å². The van der Waals surface area contributed by atoms with Crippen molar-refractivity contribution in [3.05, 3.63) is 81.3 Å². The first-order chi connectivity index (χ1) is 11.8. The molecule has 1 N–H and O–H groups in total. The van der Waals surface area contributed by atoms with Crippen LogP contribution in [-0.4, -0.2) is 4.98 Å². The van der Waals surface area contributed by atoms with Gasteiger partial charge in [0.05, 0.1) is 0 Å². The molecule has 24 heavy (non-hydrogen) atoms. The average Bonchev–Trinajstić information content (AvgIpc) is 3.15. The third kappa shape index (κ3) is 2.41. The van der Waals surface area contributed by atoms with Gasteiger partial charge in [-0.05, 0) is 50.9 Å². The first-order valence-corrected chi connectivity index (χ1v) is 8.40. The fourth-order valence-electron chi connectivity index (χ4n) is 2.83. The van der Waals surface area contributed by atoms with Crippen molar-refractivity contribution in [3.8, 4) is 28.5 Å².